The van der Waals surface area contributed by atoms with Gasteiger partial charge in [0.15, 0.2) is 5.82 Å². The molecule has 1 heterocycles. The van der Waals surface area contributed by atoms with E-state index in [9.17, 15) is 0 Å². The van der Waals surface area contributed by atoms with E-state index in [2.05, 4.69) is 61.4 Å². The van der Waals surface area contributed by atoms with E-state index in [-0.39, 0.29) is 0 Å². The van der Waals surface area contributed by atoms with Gasteiger partial charge in [-0.25, -0.2) is 0 Å². The second kappa shape index (κ2) is 3.82. The lowest BCUT2D eigenvalue weighted by Crippen LogP contribution is -1.91. The van der Waals surface area contributed by atoms with Gasteiger partial charge >= 0.3 is 0 Å². The van der Waals surface area contributed by atoms with Crippen LogP contribution < -0.4 is 0 Å². The molecule has 5 heteroatoms. The predicted octanol–water partition coefficient (Wildman–Crippen LogP) is 1.40. The van der Waals surface area contributed by atoms with Crippen molar-refractivity contribution in [3.8, 4) is 0 Å². The smallest absolute Gasteiger partial charge is 0.177 e. The van der Waals surface area contributed by atoms with E-state index in [0.717, 1.165) is 12.2 Å². The topological polar surface area (TPSA) is 54.5 Å². The fourth-order valence-electron chi connectivity index (χ4n) is 1.09. The first-order chi connectivity index (χ1) is 6.34. The first-order valence-electron chi connectivity index (χ1n) is 3.81. The third-order valence-electron chi connectivity index (χ3n) is 1.64. The fraction of sp³-hybridized carbons (Fsp3) is 0.125. The molecule has 0 saturated carbocycles. The van der Waals surface area contributed by atoms with Crippen LogP contribution in [0.3, 0.4) is 0 Å². The molecule has 0 spiro atoms. The molecule has 0 aliphatic carbocycles. The van der Waals surface area contributed by atoms with Gasteiger partial charge in [-0.15, -0.1) is 10.2 Å². The Bertz CT molecular complexity index is 385. The van der Waals surface area contributed by atoms with Crippen molar-refractivity contribution in [1.29, 1.82) is 0 Å². The molecule has 0 fully saturated rings. The molecule has 66 valence electrons. The monoisotopic (exact) mass is 286 g/mol. The van der Waals surface area contributed by atoms with E-state index in [1.807, 2.05) is 6.07 Å². The minimum absolute atomic E-state index is 0.724. The van der Waals surface area contributed by atoms with Gasteiger partial charge < -0.3 is 0 Å². The highest BCUT2D eigenvalue weighted by molar-refractivity contribution is 14.1. The Labute approximate surface area is 88.9 Å². The second-order valence-corrected chi connectivity index (χ2v) is 3.88. The zero-order chi connectivity index (χ0) is 9.10. The minimum Gasteiger partial charge on any atom is -0.177 e. The maximum absolute atomic E-state index is 3.89. The highest BCUT2D eigenvalue weighted by atomic mass is 127. The van der Waals surface area contributed by atoms with Crippen molar-refractivity contribution in [2.45, 2.75) is 6.42 Å². The summed E-state index contributed by atoms with van der Waals surface area (Å²) in [5.41, 5.74) is 1.20. The number of nitrogens with zero attached hydrogens (tertiary/aromatic N) is 3. The molecule has 1 N–H and O–H groups in total. The highest BCUT2D eigenvalue weighted by Gasteiger charge is 2.00. The Balaban J connectivity index is 2.19. The largest absolute Gasteiger partial charge is 0.178 e. The van der Waals surface area contributed by atoms with Gasteiger partial charge in [0.05, 0.1) is 0 Å². The van der Waals surface area contributed by atoms with Crippen LogP contribution in [0.2, 0.25) is 0 Å². The van der Waals surface area contributed by atoms with Crippen LogP contribution in [0.1, 0.15) is 11.4 Å². The first kappa shape index (κ1) is 8.61. The summed E-state index contributed by atoms with van der Waals surface area (Å²) in [6.07, 6.45) is 0.730. The van der Waals surface area contributed by atoms with E-state index < -0.39 is 0 Å². The van der Waals surface area contributed by atoms with Crippen LogP contribution in [-0.2, 0) is 6.42 Å². The molecule has 13 heavy (non-hydrogen) atoms. The molecule has 1 aromatic carbocycles. The quantitative estimate of drug-likeness (QED) is 0.849. The number of hydrogen-bond donors (Lipinski definition) is 1. The molecule has 1 aromatic heterocycles. The summed E-state index contributed by atoms with van der Waals surface area (Å²) in [6.45, 7) is 0. The Hall–Kier alpha value is -0.980. The van der Waals surface area contributed by atoms with Gasteiger partial charge in [-0.3, -0.25) is 0 Å². The summed E-state index contributed by atoms with van der Waals surface area (Å²) >= 11 is 2.28. The maximum atomic E-state index is 3.89. The molecule has 0 saturated heterocycles. The van der Waals surface area contributed by atoms with Gasteiger partial charge in [0.1, 0.15) is 0 Å². The summed E-state index contributed by atoms with van der Waals surface area (Å²) < 4.78 is 1.22. The maximum Gasteiger partial charge on any atom is 0.178 e. The normalized spacial score (nSPS) is 10.2. The molecule has 0 radical (unpaired) electrons. The van der Waals surface area contributed by atoms with E-state index >= 15 is 0 Å². The number of aromatic nitrogens is 4. The van der Waals surface area contributed by atoms with Crippen LogP contribution >= 0.6 is 22.6 Å². The van der Waals surface area contributed by atoms with Gasteiger partial charge in [0.2, 0.25) is 0 Å². The minimum atomic E-state index is 0.724. The highest BCUT2D eigenvalue weighted by Crippen LogP contribution is 2.09. The number of tetrazole rings is 1. The van der Waals surface area contributed by atoms with Gasteiger partial charge in [-0.2, -0.15) is 5.21 Å². The van der Waals surface area contributed by atoms with Crippen molar-refractivity contribution in [3.05, 3.63) is 39.2 Å². The number of benzene rings is 1. The van der Waals surface area contributed by atoms with Gasteiger partial charge in [-0.05, 0) is 40.3 Å². The van der Waals surface area contributed by atoms with Crippen LogP contribution in [-0.4, -0.2) is 20.6 Å². The Morgan fingerprint density at radius 2 is 2.31 bits per heavy atom. The molecule has 0 aliphatic rings. The van der Waals surface area contributed by atoms with Crippen molar-refractivity contribution >= 4 is 22.6 Å². The first-order valence-corrected chi connectivity index (χ1v) is 4.89. The van der Waals surface area contributed by atoms with Crippen molar-refractivity contribution in [3.63, 3.8) is 0 Å². The number of hydrogen-bond acceptors (Lipinski definition) is 3. The van der Waals surface area contributed by atoms with Crippen molar-refractivity contribution in [2.75, 3.05) is 0 Å². The summed E-state index contributed by atoms with van der Waals surface area (Å²) in [7, 11) is 0. The molecule has 0 atom stereocenters. The molecule has 0 unspecified atom stereocenters. The lowest BCUT2D eigenvalue weighted by molar-refractivity contribution is 0.881. The summed E-state index contributed by atoms with van der Waals surface area (Å²) in [4.78, 5) is 0. The fourth-order valence-corrected chi connectivity index (χ4v) is 1.69. The summed E-state index contributed by atoms with van der Waals surface area (Å²) in [5, 5.41) is 13.7. The van der Waals surface area contributed by atoms with E-state index in [0.29, 0.717) is 0 Å². The SMILES string of the molecule is Ic1cccc(Cc2nn[nH]n2)c1. The van der Waals surface area contributed by atoms with E-state index in [4.69, 9.17) is 0 Å². The number of aromatic amines is 1. The third-order valence-corrected chi connectivity index (χ3v) is 2.31. The van der Waals surface area contributed by atoms with E-state index in [1.165, 1.54) is 9.13 Å². The molecule has 4 nitrogen and oxygen atoms in total. The second-order valence-electron chi connectivity index (χ2n) is 2.63. The molecule has 2 rings (SSSR count). The molecule has 2 aromatic rings. The van der Waals surface area contributed by atoms with Crippen LogP contribution in [0, 0.1) is 3.57 Å². The van der Waals surface area contributed by atoms with Crippen LogP contribution in [0.25, 0.3) is 0 Å². The van der Waals surface area contributed by atoms with Gasteiger partial charge in [-0.1, -0.05) is 17.3 Å². The Morgan fingerprint density at radius 3 is 3.00 bits per heavy atom. The Kier molecular flexibility index (Phi) is 2.53. The average molecular weight is 286 g/mol. The zero-order valence-corrected chi connectivity index (χ0v) is 8.89. The van der Waals surface area contributed by atoms with Crippen molar-refractivity contribution in [1.82, 2.24) is 20.6 Å². The van der Waals surface area contributed by atoms with Gasteiger partial charge in [0.25, 0.3) is 0 Å². The standard InChI is InChI=1S/C8H7IN4/c9-7-3-1-2-6(4-7)5-8-10-12-13-11-8/h1-4H,5H2,(H,10,11,12,13). The van der Waals surface area contributed by atoms with Crippen LogP contribution in [0.4, 0.5) is 0 Å². The predicted molar refractivity (Wildman–Crippen MR) is 56.1 cm³/mol. The molecule has 0 amide bonds. The molecular weight excluding hydrogens is 279 g/mol. The number of halogens is 1. The van der Waals surface area contributed by atoms with Crippen LogP contribution in [0.15, 0.2) is 24.3 Å². The lowest BCUT2D eigenvalue weighted by atomic mass is 10.1. The summed E-state index contributed by atoms with van der Waals surface area (Å²) in [5.74, 6) is 0.724. The Morgan fingerprint density at radius 1 is 1.38 bits per heavy atom. The molecular formula is C8H7IN4. The number of nitrogens with one attached hydrogen (secondary N) is 1. The van der Waals surface area contributed by atoms with Crippen LogP contribution in [0.5, 0.6) is 0 Å². The van der Waals surface area contributed by atoms with E-state index in [1.54, 1.807) is 0 Å². The molecule has 0 bridgehead atoms. The number of rotatable bonds is 2. The average Bonchev–Trinajstić information content (AvgIpc) is 2.57. The summed E-state index contributed by atoms with van der Waals surface area (Å²) in [6, 6.07) is 8.24. The number of H-pyrrole nitrogens is 1. The lowest BCUT2D eigenvalue weighted by Gasteiger charge is -1.96. The van der Waals surface area contributed by atoms with Crippen molar-refractivity contribution in [2.24, 2.45) is 0 Å². The van der Waals surface area contributed by atoms with Gasteiger partial charge in [0, 0.05) is 9.99 Å². The zero-order valence-electron chi connectivity index (χ0n) is 6.74. The third kappa shape index (κ3) is 2.24. The molecule has 0 aliphatic heterocycles. The van der Waals surface area contributed by atoms with Crippen molar-refractivity contribution < 1.29 is 0 Å².